The van der Waals surface area contributed by atoms with E-state index in [4.69, 9.17) is 9.47 Å². The number of hydrogen-bond donors (Lipinski definition) is 0. The van der Waals surface area contributed by atoms with Crippen LogP contribution < -0.4 is 4.74 Å². The van der Waals surface area contributed by atoms with E-state index in [-0.39, 0.29) is 0 Å². The van der Waals surface area contributed by atoms with Crippen molar-refractivity contribution in [3.8, 4) is 5.75 Å². The topological polar surface area (TPSA) is 18.5 Å². The van der Waals surface area contributed by atoms with Crippen molar-refractivity contribution in [3.63, 3.8) is 0 Å². The molecule has 2 nitrogen and oxygen atoms in total. The fourth-order valence-corrected chi connectivity index (χ4v) is 5.95. The van der Waals surface area contributed by atoms with Crippen LogP contribution in [-0.4, -0.2) is 19.8 Å². The summed E-state index contributed by atoms with van der Waals surface area (Å²) >= 11 is 0. The lowest BCUT2D eigenvalue weighted by Gasteiger charge is -2.44. The van der Waals surface area contributed by atoms with Gasteiger partial charge in [0.15, 0.2) is 0 Å². The minimum Gasteiger partial charge on any atom is -0.497 e. The minimum absolute atomic E-state index is 0.488. The van der Waals surface area contributed by atoms with E-state index in [1.54, 1.807) is 12.7 Å². The van der Waals surface area contributed by atoms with Crippen LogP contribution in [0.5, 0.6) is 5.75 Å². The Labute approximate surface area is 159 Å². The lowest BCUT2D eigenvalue weighted by atomic mass is 9.62. The highest BCUT2D eigenvalue weighted by atomic mass is 16.5. The largest absolute Gasteiger partial charge is 0.497 e. The highest BCUT2D eigenvalue weighted by molar-refractivity contribution is 5.37. The zero-order chi connectivity index (χ0) is 17.9. The number of fused-ring (bicyclic) bond motifs is 2. The molecule has 0 N–H and O–H groups in total. The molecule has 0 spiro atoms. The van der Waals surface area contributed by atoms with Gasteiger partial charge in [0.2, 0.25) is 0 Å². The third kappa shape index (κ3) is 3.86. The molecular weight excluding hydrogens is 320 g/mol. The van der Waals surface area contributed by atoms with Crippen molar-refractivity contribution in [1.29, 1.82) is 0 Å². The second kappa shape index (κ2) is 8.17. The molecule has 0 saturated heterocycles. The van der Waals surface area contributed by atoms with Crippen molar-refractivity contribution < 1.29 is 9.47 Å². The maximum Gasteiger partial charge on any atom is 0.119 e. The molecule has 0 radical (unpaired) electrons. The van der Waals surface area contributed by atoms with Gasteiger partial charge in [-0.1, -0.05) is 12.1 Å². The predicted octanol–water partition coefficient (Wildman–Crippen LogP) is 5.59. The summed E-state index contributed by atoms with van der Waals surface area (Å²) in [7, 11) is 1.77. The highest BCUT2D eigenvalue weighted by Gasteiger charge is 2.38. The van der Waals surface area contributed by atoms with Crippen molar-refractivity contribution in [1.82, 2.24) is 0 Å². The van der Waals surface area contributed by atoms with E-state index >= 15 is 0 Å². The summed E-state index contributed by atoms with van der Waals surface area (Å²) < 4.78 is 11.4. The first-order valence-electron chi connectivity index (χ1n) is 10.6. The van der Waals surface area contributed by atoms with Crippen molar-refractivity contribution in [2.45, 2.75) is 63.9 Å². The van der Waals surface area contributed by atoms with Gasteiger partial charge in [-0.15, -0.1) is 6.58 Å². The third-order valence-corrected chi connectivity index (χ3v) is 7.40. The number of ether oxygens (including phenoxy) is 2. The van der Waals surface area contributed by atoms with Crippen LogP contribution in [0.4, 0.5) is 0 Å². The zero-order valence-electron chi connectivity index (χ0n) is 16.3. The van der Waals surface area contributed by atoms with E-state index in [0.717, 1.165) is 36.0 Å². The molecule has 1 aromatic carbocycles. The van der Waals surface area contributed by atoms with Gasteiger partial charge in [-0.2, -0.15) is 0 Å². The van der Waals surface area contributed by atoms with Crippen LogP contribution in [0, 0.1) is 23.7 Å². The Balaban J connectivity index is 1.34. The summed E-state index contributed by atoms with van der Waals surface area (Å²) in [5.41, 5.74) is 3.10. The smallest absolute Gasteiger partial charge is 0.119 e. The summed E-state index contributed by atoms with van der Waals surface area (Å²) in [4.78, 5) is 0. The first-order chi connectivity index (χ1) is 12.8. The molecule has 0 aromatic heterocycles. The van der Waals surface area contributed by atoms with E-state index in [1.165, 1.54) is 63.4 Å². The van der Waals surface area contributed by atoms with Gasteiger partial charge in [0.25, 0.3) is 0 Å². The molecule has 2 saturated carbocycles. The third-order valence-electron chi connectivity index (χ3n) is 7.40. The molecule has 2 heteroatoms. The summed E-state index contributed by atoms with van der Waals surface area (Å²) in [5, 5.41) is 0. The molecule has 5 unspecified atom stereocenters. The van der Waals surface area contributed by atoms with Crippen LogP contribution >= 0.6 is 0 Å². The van der Waals surface area contributed by atoms with Crippen molar-refractivity contribution in [2.75, 3.05) is 13.7 Å². The van der Waals surface area contributed by atoms with Gasteiger partial charge < -0.3 is 9.47 Å². The fraction of sp³-hybridized carbons (Fsp3) is 0.667. The van der Waals surface area contributed by atoms with Gasteiger partial charge in [0, 0.05) is 0 Å². The molecular formula is C24H34O2. The predicted molar refractivity (Wildman–Crippen MR) is 107 cm³/mol. The fourth-order valence-electron chi connectivity index (χ4n) is 5.95. The normalized spacial score (nSPS) is 33.8. The Kier molecular flexibility index (Phi) is 5.69. The second-order valence-corrected chi connectivity index (χ2v) is 8.79. The van der Waals surface area contributed by atoms with Crippen molar-refractivity contribution in [2.24, 2.45) is 23.7 Å². The number of aryl methyl sites for hydroxylation is 1. The van der Waals surface area contributed by atoms with Crippen molar-refractivity contribution in [3.05, 3.63) is 42.0 Å². The van der Waals surface area contributed by atoms with Gasteiger partial charge in [0.05, 0.1) is 19.8 Å². The lowest BCUT2D eigenvalue weighted by Crippen LogP contribution is -2.37. The van der Waals surface area contributed by atoms with Crippen LogP contribution in [-0.2, 0) is 17.6 Å². The van der Waals surface area contributed by atoms with Crippen molar-refractivity contribution >= 4 is 0 Å². The Bertz CT molecular complexity index is 623. The van der Waals surface area contributed by atoms with E-state index < -0.39 is 0 Å². The van der Waals surface area contributed by atoms with Gasteiger partial charge in [-0.25, -0.2) is 0 Å². The van der Waals surface area contributed by atoms with E-state index in [0.29, 0.717) is 6.10 Å². The maximum atomic E-state index is 5.95. The van der Waals surface area contributed by atoms with Gasteiger partial charge in [-0.3, -0.25) is 0 Å². The molecule has 0 amide bonds. The summed E-state index contributed by atoms with van der Waals surface area (Å²) in [6.45, 7) is 4.50. The Morgan fingerprint density at radius 1 is 0.962 bits per heavy atom. The van der Waals surface area contributed by atoms with Gasteiger partial charge >= 0.3 is 0 Å². The number of rotatable bonds is 5. The lowest BCUT2D eigenvalue weighted by molar-refractivity contribution is -0.0137. The molecule has 1 aromatic rings. The summed E-state index contributed by atoms with van der Waals surface area (Å²) in [6, 6.07) is 6.71. The van der Waals surface area contributed by atoms with Gasteiger partial charge in [-0.05, 0) is 105 Å². The number of methoxy groups -OCH3 is 1. The standard InChI is InChI=1S/C24H34O2/c1-3-12-26-24-11-9-20-14-18(5-7-22(20)16-24)17-4-6-21-15-23(25-2)10-8-19(21)13-17/h3,8,10,15,17-18,20,22,24H,1,4-7,9,11-14,16H2,2H3. The number of benzene rings is 1. The molecule has 0 aliphatic heterocycles. The maximum absolute atomic E-state index is 5.95. The molecule has 26 heavy (non-hydrogen) atoms. The molecule has 142 valence electrons. The zero-order valence-corrected chi connectivity index (χ0v) is 16.3. The highest BCUT2D eigenvalue weighted by Crippen LogP contribution is 2.47. The molecule has 4 rings (SSSR count). The van der Waals surface area contributed by atoms with Crippen LogP contribution in [0.3, 0.4) is 0 Å². The molecule has 2 fully saturated rings. The van der Waals surface area contributed by atoms with E-state index in [1.807, 2.05) is 6.08 Å². The number of hydrogen-bond acceptors (Lipinski definition) is 2. The molecule has 5 atom stereocenters. The second-order valence-electron chi connectivity index (χ2n) is 8.79. The molecule has 0 heterocycles. The van der Waals surface area contributed by atoms with E-state index in [9.17, 15) is 0 Å². The monoisotopic (exact) mass is 354 g/mol. The van der Waals surface area contributed by atoms with Crippen LogP contribution in [0.2, 0.25) is 0 Å². The Morgan fingerprint density at radius 3 is 2.54 bits per heavy atom. The van der Waals surface area contributed by atoms with Crippen LogP contribution in [0.15, 0.2) is 30.9 Å². The van der Waals surface area contributed by atoms with Gasteiger partial charge in [0.1, 0.15) is 5.75 Å². The average molecular weight is 355 g/mol. The Morgan fingerprint density at radius 2 is 1.73 bits per heavy atom. The average Bonchev–Trinajstić information content (AvgIpc) is 2.70. The van der Waals surface area contributed by atoms with E-state index in [2.05, 4.69) is 24.8 Å². The molecule has 0 bridgehead atoms. The van der Waals surface area contributed by atoms with Crippen LogP contribution in [0.25, 0.3) is 0 Å². The Hall–Kier alpha value is -1.28. The summed E-state index contributed by atoms with van der Waals surface area (Å²) in [6.07, 6.45) is 14.5. The molecule has 3 aliphatic rings. The quantitative estimate of drug-likeness (QED) is 0.642. The summed E-state index contributed by atoms with van der Waals surface area (Å²) in [5.74, 6) is 4.71. The first-order valence-corrected chi connectivity index (χ1v) is 10.6. The van der Waals surface area contributed by atoms with Crippen LogP contribution in [0.1, 0.15) is 56.1 Å². The first kappa shape index (κ1) is 18.1. The molecule has 3 aliphatic carbocycles. The minimum atomic E-state index is 0.488. The SMILES string of the molecule is C=CCOC1CCC2CC(C3CCc4cc(OC)ccc4C3)CCC2C1.